The van der Waals surface area contributed by atoms with Crippen molar-refractivity contribution in [2.24, 2.45) is 0 Å². The zero-order valence-corrected chi connectivity index (χ0v) is 13.2. The van der Waals surface area contributed by atoms with E-state index in [4.69, 9.17) is 4.74 Å². The topological polar surface area (TPSA) is 86.9 Å². The van der Waals surface area contributed by atoms with Crippen LogP contribution in [0, 0.1) is 0 Å². The third-order valence-electron chi connectivity index (χ3n) is 4.79. The Morgan fingerprint density at radius 1 is 1.43 bits per heavy atom. The van der Waals surface area contributed by atoms with Crippen molar-refractivity contribution < 1.29 is 9.53 Å². The average molecular weight is 315 g/mol. The summed E-state index contributed by atoms with van der Waals surface area (Å²) in [4.78, 5) is 22.0. The molecule has 1 amide bonds. The molecular formula is C16H21N5O2. The molecule has 2 aromatic heterocycles. The van der Waals surface area contributed by atoms with Gasteiger partial charge in [0.15, 0.2) is 0 Å². The van der Waals surface area contributed by atoms with E-state index in [2.05, 4.69) is 20.2 Å². The first-order chi connectivity index (χ1) is 11.2. The molecule has 4 rings (SSSR count). The Morgan fingerprint density at radius 2 is 2.30 bits per heavy atom. The van der Waals surface area contributed by atoms with Crippen LogP contribution in [0.25, 0.3) is 0 Å². The molecule has 0 aromatic carbocycles. The number of aromatic nitrogens is 4. The van der Waals surface area contributed by atoms with Crippen molar-refractivity contribution in [3.05, 3.63) is 35.7 Å². The summed E-state index contributed by atoms with van der Waals surface area (Å²) in [5.74, 6) is 1.59. The number of carbonyl (C=O) groups is 1. The van der Waals surface area contributed by atoms with E-state index in [1.54, 1.807) is 4.90 Å². The predicted octanol–water partition coefficient (Wildman–Crippen LogP) is 1.65. The number of H-pyrrole nitrogens is 2. The summed E-state index contributed by atoms with van der Waals surface area (Å²) in [7, 11) is 1.84. The van der Waals surface area contributed by atoms with Gasteiger partial charge in [-0.05, 0) is 31.2 Å². The first kappa shape index (κ1) is 14.4. The molecule has 0 radical (unpaired) electrons. The number of amides is 1. The molecule has 7 heteroatoms. The highest BCUT2D eigenvalue weighted by atomic mass is 16.5. The molecule has 1 aliphatic carbocycles. The lowest BCUT2D eigenvalue weighted by atomic mass is 10.00. The quantitative estimate of drug-likeness (QED) is 0.878. The Kier molecular flexibility index (Phi) is 3.65. The number of nitrogens with one attached hydrogen (secondary N) is 2. The highest BCUT2D eigenvalue weighted by Gasteiger charge is 2.35. The van der Waals surface area contributed by atoms with Crippen LogP contribution in [0.3, 0.4) is 0 Å². The summed E-state index contributed by atoms with van der Waals surface area (Å²) >= 11 is 0. The van der Waals surface area contributed by atoms with Crippen molar-refractivity contribution in [2.45, 2.75) is 37.2 Å². The average Bonchev–Trinajstić information content (AvgIpc) is 3.02. The molecule has 2 fully saturated rings. The Balaban J connectivity index is 1.45. The number of carbonyl (C=O) groups excluding carboxylic acids is 1. The molecule has 1 saturated carbocycles. The molecule has 23 heavy (non-hydrogen) atoms. The van der Waals surface area contributed by atoms with Gasteiger partial charge in [0, 0.05) is 38.0 Å². The zero-order chi connectivity index (χ0) is 15.8. The van der Waals surface area contributed by atoms with Crippen LogP contribution in [-0.4, -0.2) is 57.3 Å². The van der Waals surface area contributed by atoms with Gasteiger partial charge in [-0.2, -0.15) is 5.10 Å². The van der Waals surface area contributed by atoms with Crippen LogP contribution < -0.4 is 0 Å². The highest BCUT2D eigenvalue weighted by Crippen LogP contribution is 2.41. The van der Waals surface area contributed by atoms with E-state index in [9.17, 15) is 4.79 Å². The fourth-order valence-corrected chi connectivity index (χ4v) is 3.37. The van der Waals surface area contributed by atoms with Crippen LogP contribution >= 0.6 is 0 Å². The normalized spacial score (nSPS) is 24.0. The number of hydrogen-bond acceptors (Lipinski definition) is 4. The fourth-order valence-electron chi connectivity index (χ4n) is 3.37. The maximum absolute atomic E-state index is 12.8. The molecule has 122 valence electrons. The number of rotatable bonds is 5. The molecular weight excluding hydrogens is 294 g/mol. The zero-order valence-electron chi connectivity index (χ0n) is 13.2. The molecule has 1 saturated heterocycles. The van der Waals surface area contributed by atoms with Gasteiger partial charge in [0.1, 0.15) is 12.2 Å². The number of hydrogen-bond donors (Lipinski definition) is 2. The van der Waals surface area contributed by atoms with Crippen molar-refractivity contribution in [2.75, 3.05) is 20.2 Å². The largest absolute Gasteiger partial charge is 0.376 e. The van der Waals surface area contributed by atoms with Gasteiger partial charge in [-0.25, -0.2) is 4.98 Å². The maximum Gasteiger partial charge on any atom is 0.255 e. The van der Waals surface area contributed by atoms with Gasteiger partial charge in [-0.1, -0.05) is 0 Å². The van der Waals surface area contributed by atoms with Crippen LogP contribution in [0.15, 0.2) is 18.6 Å². The molecule has 3 heterocycles. The SMILES string of the molecule is CN(C[C@H]1OCC[C@H]1c1ncn[nH]1)C(=O)c1cc[nH]c1C1CC1. The third kappa shape index (κ3) is 2.76. The highest BCUT2D eigenvalue weighted by molar-refractivity contribution is 5.95. The first-order valence-electron chi connectivity index (χ1n) is 8.13. The lowest BCUT2D eigenvalue weighted by Crippen LogP contribution is -2.36. The Morgan fingerprint density at radius 3 is 3.04 bits per heavy atom. The van der Waals surface area contributed by atoms with Crippen LogP contribution in [0.4, 0.5) is 0 Å². The molecule has 1 aliphatic heterocycles. The van der Waals surface area contributed by atoms with Crippen LogP contribution in [0.1, 0.15) is 53.0 Å². The van der Waals surface area contributed by atoms with Crippen LogP contribution in [-0.2, 0) is 4.74 Å². The predicted molar refractivity (Wildman–Crippen MR) is 83.2 cm³/mol. The van der Waals surface area contributed by atoms with Gasteiger partial charge in [0.05, 0.1) is 11.7 Å². The van der Waals surface area contributed by atoms with E-state index in [-0.39, 0.29) is 17.9 Å². The summed E-state index contributed by atoms with van der Waals surface area (Å²) in [6, 6.07) is 1.88. The monoisotopic (exact) mass is 315 g/mol. The summed E-state index contributed by atoms with van der Waals surface area (Å²) in [5.41, 5.74) is 1.88. The number of ether oxygens (including phenoxy) is 1. The maximum atomic E-state index is 12.8. The number of nitrogens with zero attached hydrogens (tertiary/aromatic N) is 3. The summed E-state index contributed by atoms with van der Waals surface area (Å²) < 4.78 is 5.83. The van der Waals surface area contributed by atoms with Gasteiger partial charge in [-0.15, -0.1) is 0 Å². The van der Waals surface area contributed by atoms with E-state index in [1.165, 1.54) is 19.2 Å². The molecule has 0 unspecified atom stereocenters. The molecule has 2 atom stereocenters. The minimum Gasteiger partial charge on any atom is -0.376 e. The third-order valence-corrected chi connectivity index (χ3v) is 4.79. The van der Waals surface area contributed by atoms with E-state index in [1.807, 2.05) is 19.3 Å². The molecule has 0 spiro atoms. The first-order valence-corrected chi connectivity index (χ1v) is 8.13. The van der Waals surface area contributed by atoms with E-state index < -0.39 is 0 Å². The van der Waals surface area contributed by atoms with Crippen LogP contribution in [0.5, 0.6) is 0 Å². The van der Waals surface area contributed by atoms with Crippen molar-refractivity contribution in [1.82, 2.24) is 25.1 Å². The van der Waals surface area contributed by atoms with Gasteiger partial charge >= 0.3 is 0 Å². The van der Waals surface area contributed by atoms with Crippen molar-refractivity contribution in [3.63, 3.8) is 0 Å². The van der Waals surface area contributed by atoms with Gasteiger partial charge in [0.2, 0.25) is 0 Å². The van der Waals surface area contributed by atoms with Gasteiger partial charge < -0.3 is 14.6 Å². The Bertz CT molecular complexity index is 676. The van der Waals surface area contributed by atoms with Crippen molar-refractivity contribution in [1.29, 1.82) is 0 Å². The second kappa shape index (κ2) is 5.81. The van der Waals surface area contributed by atoms with Gasteiger partial charge in [0.25, 0.3) is 5.91 Å². The van der Waals surface area contributed by atoms with Gasteiger partial charge in [-0.3, -0.25) is 9.89 Å². The smallest absolute Gasteiger partial charge is 0.255 e. The lowest BCUT2D eigenvalue weighted by Gasteiger charge is -2.24. The van der Waals surface area contributed by atoms with Crippen molar-refractivity contribution in [3.8, 4) is 0 Å². The minimum absolute atomic E-state index is 0.0415. The molecule has 2 aliphatic rings. The fraction of sp³-hybridized carbons (Fsp3) is 0.562. The second-order valence-corrected chi connectivity index (χ2v) is 6.44. The van der Waals surface area contributed by atoms with E-state index in [0.29, 0.717) is 19.1 Å². The number of aromatic amines is 2. The summed E-state index contributed by atoms with van der Waals surface area (Å²) in [6.45, 7) is 1.25. The summed E-state index contributed by atoms with van der Waals surface area (Å²) in [6.07, 6.45) is 6.58. The minimum atomic E-state index is -0.0415. The Hall–Kier alpha value is -2.15. The second-order valence-electron chi connectivity index (χ2n) is 6.44. The molecule has 2 aromatic rings. The Labute approximate surface area is 134 Å². The number of likely N-dealkylation sites (N-methyl/N-ethyl adjacent to an activating group) is 1. The standard InChI is InChI=1S/C16H21N5O2/c1-21(16(22)12-4-6-17-14(12)10-2-3-10)8-13-11(5-7-23-13)15-18-9-19-20-15/h4,6,9-11,13,17H,2-3,5,7-8H2,1H3,(H,18,19,20)/t11-,13-/m1/s1. The van der Waals surface area contributed by atoms with Crippen molar-refractivity contribution >= 4 is 5.91 Å². The summed E-state index contributed by atoms with van der Waals surface area (Å²) in [5, 5.41) is 6.84. The molecule has 7 nitrogen and oxygen atoms in total. The molecule has 2 N–H and O–H groups in total. The van der Waals surface area contributed by atoms with E-state index >= 15 is 0 Å². The van der Waals surface area contributed by atoms with Crippen LogP contribution in [0.2, 0.25) is 0 Å². The lowest BCUT2D eigenvalue weighted by molar-refractivity contribution is 0.0549. The van der Waals surface area contributed by atoms with E-state index in [0.717, 1.165) is 23.5 Å². The molecule has 0 bridgehead atoms.